The Morgan fingerprint density at radius 2 is 1.78 bits per heavy atom. The summed E-state index contributed by atoms with van der Waals surface area (Å²) < 4.78 is 0. The van der Waals surface area contributed by atoms with Crippen LogP contribution in [0.5, 0.6) is 0 Å². The van der Waals surface area contributed by atoms with E-state index in [0.717, 1.165) is 29.0 Å². The highest BCUT2D eigenvalue weighted by Crippen LogP contribution is 2.24. The number of hydrogen-bond acceptors (Lipinski definition) is 1. The number of halogens is 1. The Labute approximate surface area is 116 Å². The van der Waals surface area contributed by atoms with Gasteiger partial charge < -0.3 is 5.11 Å². The minimum Gasteiger partial charge on any atom is -0.388 e. The van der Waals surface area contributed by atoms with E-state index in [9.17, 15) is 5.11 Å². The summed E-state index contributed by atoms with van der Waals surface area (Å²) in [7, 11) is 0. The van der Waals surface area contributed by atoms with Gasteiger partial charge in [-0.2, -0.15) is 0 Å². The summed E-state index contributed by atoms with van der Waals surface area (Å²) in [5.74, 6) is 0. The van der Waals surface area contributed by atoms with Gasteiger partial charge in [0.1, 0.15) is 0 Å². The van der Waals surface area contributed by atoms with E-state index < -0.39 is 0 Å². The van der Waals surface area contributed by atoms with Crippen LogP contribution in [-0.4, -0.2) is 5.11 Å². The molecule has 1 atom stereocenters. The number of unbranched alkanes of at least 4 members (excludes halogenated alkanes) is 5. The molecule has 0 aliphatic carbocycles. The first-order chi connectivity index (χ1) is 8.65. The predicted molar refractivity (Wildman–Crippen MR) is 79.1 cm³/mol. The zero-order chi connectivity index (χ0) is 13.4. The summed E-state index contributed by atoms with van der Waals surface area (Å²) in [5, 5.41) is 10.8. The van der Waals surface area contributed by atoms with E-state index in [0.29, 0.717) is 0 Å². The number of aryl methyl sites for hydroxylation is 1. The van der Waals surface area contributed by atoms with E-state index in [1.54, 1.807) is 0 Å². The topological polar surface area (TPSA) is 20.2 Å². The number of rotatable bonds is 8. The Balaban J connectivity index is 2.27. The van der Waals surface area contributed by atoms with Crippen LogP contribution in [0.3, 0.4) is 0 Å². The Morgan fingerprint density at radius 1 is 1.11 bits per heavy atom. The van der Waals surface area contributed by atoms with Gasteiger partial charge in [0, 0.05) is 5.02 Å². The summed E-state index contributed by atoms with van der Waals surface area (Å²) in [5.41, 5.74) is 2.01. The Morgan fingerprint density at radius 3 is 2.44 bits per heavy atom. The molecule has 1 aromatic carbocycles. The van der Waals surface area contributed by atoms with Gasteiger partial charge in [0.15, 0.2) is 0 Å². The Bertz CT molecular complexity index is 349. The van der Waals surface area contributed by atoms with Crippen molar-refractivity contribution >= 4 is 11.6 Å². The van der Waals surface area contributed by atoms with Crippen molar-refractivity contribution < 1.29 is 5.11 Å². The standard InChI is InChI=1S/C16H25ClO/c1-3-4-5-6-7-8-9-16(18)14-11-10-13(2)15(17)12-14/h10-12,16,18H,3-9H2,1-2H3. The molecule has 0 aliphatic heterocycles. The second-order valence-electron chi connectivity index (χ2n) is 5.08. The maximum absolute atomic E-state index is 10.1. The molecule has 0 saturated heterocycles. The molecule has 0 aromatic heterocycles. The minimum atomic E-state index is -0.366. The second kappa shape index (κ2) is 8.55. The molecular weight excluding hydrogens is 244 g/mol. The first-order valence-corrected chi connectivity index (χ1v) is 7.47. The number of aliphatic hydroxyl groups is 1. The van der Waals surface area contributed by atoms with Crippen molar-refractivity contribution in [2.45, 2.75) is 64.9 Å². The normalized spacial score (nSPS) is 12.7. The lowest BCUT2D eigenvalue weighted by atomic mass is 10.0. The molecule has 1 aromatic rings. The van der Waals surface area contributed by atoms with Crippen LogP contribution in [0, 0.1) is 6.92 Å². The molecule has 0 radical (unpaired) electrons. The van der Waals surface area contributed by atoms with Gasteiger partial charge in [-0.05, 0) is 30.5 Å². The van der Waals surface area contributed by atoms with Crippen molar-refractivity contribution in [2.75, 3.05) is 0 Å². The molecule has 1 N–H and O–H groups in total. The summed E-state index contributed by atoms with van der Waals surface area (Å²) in [6, 6.07) is 5.84. The van der Waals surface area contributed by atoms with Gasteiger partial charge in [0.2, 0.25) is 0 Å². The molecule has 0 aliphatic rings. The molecule has 0 bridgehead atoms. The first kappa shape index (κ1) is 15.5. The molecule has 1 unspecified atom stereocenters. The van der Waals surface area contributed by atoms with E-state index >= 15 is 0 Å². The van der Waals surface area contributed by atoms with Gasteiger partial charge in [0.25, 0.3) is 0 Å². The fourth-order valence-electron chi connectivity index (χ4n) is 2.10. The molecule has 0 spiro atoms. The van der Waals surface area contributed by atoms with Crippen LogP contribution < -0.4 is 0 Å². The summed E-state index contributed by atoms with van der Waals surface area (Å²) in [6.45, 7) is 4.21. The van der Waals surface area contributed by atoms with Crippen LogP contribution in [0.1, 0.15) is 69.1 Å². The quantitative estimate of drug-likeness (QED) is 0.623. The van der Waals surface area contributed by atoms with E-state index in [4.69, 9.17) is 11.6 Å². The van der Waals surface area contributed by atoms with E-state index in [2.05, 4.69) is 6.92 Å². The zero-order valence-electron chi connectivity index (χ0n) is 11.6. The molecule has 0 saturated carbocycles. The second-order valence-corrected chi connectivity index (χ2v) is 5.49. The lowest BCUT2D eigenvalue weighted by Crippen LogP contribution is -1.97. The third-order valence-electron chi connectivity index (χ3n) is 3.41. The molecule has 0 fully saturated rings. The monoisotopic (exact) mass is 268 g/mol. The first-order valence-electron chi connectivity index (χ1n) is 7.09. The highest BCUT2D eigenvalue weighted by molar-refractivity contribution is 6.31. The highest BCUT2D eigenvalue weighted by Gasteiger charge is 2.08. The Kier molecular flexibility index (Phi) is 7.38. The molecule has 0 amide bonds. The fourth-order valence-corrected chi connectivity index (χ4v) is 2.29. The SMILES string of the molecule is CCCCCCCCC(O)c1ccc(C)c(Cl)c1. The van der Waals surface area contributed by atoms with E-state index in [1.807, 2.05) is 25.1 Å². The van der Waals surface area contributed by atoms with Crippen molar-refractivity contribution in [1.29, 1.82) is 0 Å². The fraction of sp³-hybridized carbons (Fsp3) is 0.625. The van der Waals surface area contributed by atoms with Crippen LogP contribution >= 0.6 is 11.6 Å². The summed E-state index contributed by atoms with van der Waals surface area (Å²) in [4.78, 5) is 0. The molecule has 0 heterocycles. The van der Waals surface area contributed by atoms with Crippen LogP contribution in [-0.2, 0) is 0 Å². The average Bonchev–Trinajstić information content (AvgIpc) is 2.36. The molecule has 102 valence electrons. The van der Waals surface area contributed by atoms with Gasteiger partial charge in [-0.3, -0.25) is 0 Å². The molecule has 1 rings (SSSR count). The lowest BCUT2D eigenvalue weighted by Gasteiger charge is -2.12. The maximum atomic E-state index is 10.1. The van der Waals surface area contributed by atoms with Gasteiger partial charge in [-0.15, -0.1) is 0 Å². The summed E-state index contributed by atoms with van der Waals surface area (Å²) in [6.07, 6.45) is 8.01. The average molecular weight is 269 g/mol. The van der Waals surface area contributed by atoms with Crippen molar-refractivity contribution in [3.8, 4) is 0 Å². The molecule has 1 nitrogen and oxygen atoms in total. The van der Waals surface area contributed by atoms with E-state index in [1.165, 1.54) is 32.1 Å². The predicted octanol–water partition coefficient (Wildman–Crippen LogP) is 5.43. The number of hydrogen-bond donors (Lipinski definition) is 1. The van der Waals surface area contributed by atoms with Crippen molar-refractivity contribution in [3.63, 3.8) is 0 Å². The van der Waals surface area contributed by atoms with Gasteiger partial charge >= 0.3 is 0 Å². The summed E-state index contributed by atoms with van der Waals surface area (Å²) >= 11 is 6.07. The molecular formula is C16H25ClO. The molecule has 2 heteroatoms. The maximum Gasteiger partial charge on any atom is 0.0790 e. The van der Waals surface area contributed by atoms with Gasteiger partial charge in [-0.1, -0.05) is 69.2 Å². The zero-order valence-corrected chi connectivity index (χ0v) is 12.3. The van der Waals surface area contributed by atoms with Crippen molar-refractivity contribution in [1.82, 2.24) is 0 Å². The number of aliphatic hydroxyl groups excluding tert-OH is 1. The van der Waals surface area contributed by atoms with Crippen molar-refractivity contribution in [3.05, 3.63) is 34.3 Å². The third-order valence-corrected chi connectivity index (χ3v) is 3.82. The van der Waals surface area contributed by atoms with Crippen LogP contribution in [0.4, 0.5) is 0 Å². The third kappa shape index (κ3) is 5.41. The van der Waals surface area contributed by atoms with Crippen LogP contribution in [0.2, 0.25) is 5.02 Å². The molecule has 18 heavy (non-hydrogen) atoms. The van der Waals surface area contributed by atoms with Gasteiger partial charge in [0.05, 0.1) is 6.10 Å². The van der Waals surface area contributed by atoms with Crippen LogP contribution in [0.25, 0.3) is 0 Å². The highest BCUT2D eigenvalue weighted by atomic mass is 35.5. The Hall–Kier alpha value is -0.530. The lowest BCUT2D eigenvalue weighted by molar-refractivity contribution is 0.163. The van der Waals surface area contributed by atoms with E-state index in [-0.39, 0.29) is 6.10 Å². The smallest absolute Gasteiger partial charge is 0.0790 e. The van der Waals surface area contributed by atoms with Crippen molar-refractivity contribution in [2.24, 2.45) is 0 Å². The van der Waals surface area contributed by atoms with Gasteiger partial charge in [-0.25, -0.2) is 0 Å². The minimum absolute atomic E-state index is 0.366. The number of benzene rings is 1. The largest absolute Gasteiger partial charge is 0.388 e. The van der Waals surface area contributed by atoms with Crippen LogP contribution in [0.15, 0.2) is 18.2 Å².